The average molecular weight is 259 g/mol. The monoisotopic (exact) mass is 259 g/mol. The maximum absolute atomic E-state index is 12.9. The third kappa shape index (κ3) is 3.14. The van der Waals surface area contributed by atoms with Gasteiger partial charge in [-0.3, -0.25) is 4.90 Å². The Morgan fingerprint density at radius 3 is 2.50 bits per heavy atom. The van der Waals surface area contributed by atoms with Crippen molar-refractivity contribution in [2.45, 2.75) is 12.7 Å². The molecule has 1 aliphatic rings. The molecule has 1 aliphatic heterocycles. The van der Waals surface area contributed by atoms with Crippen LogP contribution in [0.25, 0.3) is 0 Å². The van der Waals surface area contributed by atoms with Crippen LogP contribution in [-0.4, -0.2) is 31.1 Å². The van der Waals surface area contributed by atoms with Crippen molar-refractivity contribution in [2.75, 3.05) is 31.9 Å². The van der Waals surface area contributed by atoms with E-state index in [4.69, 9.17) is 5.73 Å². The van der Waals surface area contributed by atoms with Gasteiger partial charge < -0.3 is 11.1 Å². The summed E-state index contributed by atoms with van der Waals surface area (Å²) in [6, 6.07) is 4.00. The normalized spacial score (nSPS) is 17.9. The van der Waals surface area contributed by atoms with E-state index in [2.05, 4.69) is 5.32 Å². The molecule has 0 unspecified atom stereocenters. The number of anilines is 1. The predicted molar refractivity (Wildman–Crippen MR) is 64.0 cm³/mol. The summed E-state index contributed by atoms with van der Waals surface area (Å²) in [6.45, 7) is 3.48. The van der Waals surface area contributed by atoms with E-state index >= 15 is 0 Å². The number of alkyl halides is 3. The molecular weight excluding hydrogens is 243 g/mol. The Hall–Kier alpha value is -1.27. The number of hydrogen-bond acceptors (Lipinski definition) is 3. The molecule has 0 radical (unpaired) electrons. The van der Waals surface area contributed by atoms with Gasteiger partial charge in [0.2, 0.25) is 0 Å². The van der Waals surface area contributed by atoms with Gasteiger partial charge in [0.15, 0.2) is 0 Å². The van der Waals surface area contributed by atoms with Gasteiger partial charge in [0.1, 0.15) is 0 Å². The molecule has 0 spiro atoms. The van der Waals surface area contributed by atoms with Gasteiger partial charge in [0.05, 0.1) is 5.56 Å². The van der Waals surface area contributed by atoms with E-state index in [9.17, 15) is 13.2 Å². The molecule has 6 heteroatoms. The van der Waals surface area contributed by atoms with Crippen molar-refractivity contribution in [3.63, 3.8) is 0 Å². The maximum atomic E-state index is 12.9. The predicted octanol–water partition coefficient (Wildman–Crippen LogP) is 1.69. The Morgan fingerprint density at radius 1 is 1.22 bits per heavy atom. The van der Waals surface area contributed by atoms with E-state index in [1.54, 1.807) is 0 Å². The van der Waals surface area contributed by atoms with E-state index in [0.29, 0.717) is 12.1 Å². The lowest BCUT2D eigenvalue weighted by Crippen LogP contribution is -2.43. The van der Waals surface area contributed by atoms with Crippen LogP contribution in [0.15, 0.2) is 18.2 Å². The summed E-state index contributed by atoms with van der Waals surface area (Å²) in [7, 11) is 0. The van der Waals surface area contributed by atoms with E-state index < -0.39 is 11.7 Å². The van der Waals surface area contributed by atoms with Crippen LogP contribution in [0.3, 0.4) is 0 Å². The first-order valence-corrected chi connectivity index (χ1v) is 5.85. The number of piperazine rings is 1. The second kappa shape index (κ2) is 5.16. The van der Waals surface area contributed by atoms with E-state index in [-0.39, 0.29) is 5.69 Å². The second-order valence-electron chi connectivity index (χ2n) is 4.44. The molecule has 1 fully saturated rings. The summed E-state index contributed by atoms with van der Waals surface area (Å²) in [5, 5.41) is 3.17. The fourth-order valence-electron chi connectivity index (χ4n) is 2.11. The maximum Gasteiger partial charge on any atom is 0.416 e. The highest BCUT2D eigenvalue weighted by Gasteiger charge is 2.33. The Bertz CT molecular complexity index is 412. The highest BCUT2D eigenvalue weighted by molar-refractivity contribution is 5.46. The number of nitrogens with one attached hydrogen (secondary N) is 1. The molecule has 100 valence electrons. The lowest BCUT2D eigenvalue weighted by molar-refractivity contribution is -0.138. The lowest BCUT2D eigenvalue weighted by Gasteiger charge is -2.28. The lowest BCUT2D eigenvalue weighted by atomic mass is 10.1. The van der Waals surface area contributed by atoms with E-state index in [0.717, 1.165) is 32.2 Å². The minimum absolute atomic E-state index is 0.145. The second-order valence-corrected chi connectivity index (χ2v) is 4.44. The van der Waals surface area contributed by atoms with Crippen LogP contribution in [0.5, 0.6) is 0 Å². The minimum Gasteiger partial charge on any atom is -0.399 e. The van der Waals surface area contributed by atoms with Crippen LogP contribution >= 0.6 is 0 Å². The largest absolute Gasteiger partial charge is 0.416 e. The molecular formula is C12H16F3N3. The zero-order chi connectivity index (χ0) is 13.2. The van der Waals surface area contributed by atoms with Crippen LogP contribution in [-0.2, 0) is 12.7 Å². The average Bonchev–Trinajstić information content (AvgIpc) is 2.31. The molecule has 1 aromatic rings. The number of nitrogens with zero attached hydrogens (tertiary/aromatic N) is 1. The van der Waals surface area contributed by atoms with Crippen molar-refractivity contribution < 1.29 is 13.2 Å². The van der Waals surface area contributed by atoms with Crippen LogP contribution in [0.2, 0.25) is 0 Å². The number of halogens is 3. The molecule has 0 atom stereocenters. The van der Waals surface area contributed by atoms with Crippen molar-refractivity contribution >= 4 is 5.69 Å². The fourth-order valence-corrected chi connectivity index (χ4v) is 2.11. The number of hydrogen-bond donors (Lipinski definition) is 2. The van der Waals surface area contributed by atoms with Crippen LogP contribution in [0, 0.1) is 0 Å². The van der Waals surface area contributed by atoms with Crippen molar-refractivity contribution in [3.8, 4) is 0 Å². The van der Waals surface area contributed by atoms with Crippen molar-refractivity contribution in [3.05, 3.63) is 29.3 Å². The van der Waals surface area contributed by atoms with Gasteiger partial charge in [0.25, 0.3) is 0 Å². The summed E-state index contributed by atoms with van der Waals surface area (Å²) in [4.78, 5) is 2.01. The molecule has 0 saturated carbocycles. The third-order valence-corrected chi connectivity index (χ3v) is 3.04. The van der Waals surface area contributed by atoms with Crippen molar-refractivity contribution in [1.82, 2.24) is 10.2 Å². The molecule has 1 heterocycles. The number of nitrogens with two attached hydrogens (primary N) is 1. The summed E-state index contributed by atoms with van der Waals surface area (Å²) >= 11 is 0. The van der Waals surface area contributed by atoms with Crippen molar-refractivity contribution in [1.29, 1.82) is 0 Å². The number of benzene rings is 1. The quantitative estimate of drug-likeness (QED) is 0.794. The van der Waals surface area contributed by atoms with Crippen molar-refractivity contribution in [2.24, 2.45) is 0 Å². The first-order valence-electron chi connectivity index (χ1n) is 5.85. The first-order chi connectivity index (χ1) is 8.47. The molecule has 18 heavy (non-hydrogen) atoms. The first kappa shape index (κ1) is 13.2. The van der Waals surface area contributed by atoms with E-state index in [1.165, 1.54) is 12.1 Å². The van der Waals surface area contributed by atoms with Crippen LogP contribution in [0.1, 0.15) is 11.1 Å². The molecule has 0 amide bonds. The van der Waals surface area contributed by atoms with Crippen LogP contribution < -0.4 is 11.1 Å². The van der Waals surface area contributed by atoms with Gasteiger partial charge in [-0.1, -0.05) is 6.07 Å². The van der Waals surface area contributed by atoms with Gasteiger partial charge in [-0.2, -0.15) is 13.2 Å². The highest BCUT2D eigenvalue weighted by Crippen LogP contribution is 2.33. The van der Waals surface area contributed by atoms with Gasteiger partial charge in [-0.25, -0.2) is 0 Å². The Labute approximate surface area is 104 Å². The number of rotatable bonds is 2. The standard InChI is InChI=1S/C12H16F3N3/c13-12(14,15)11-7-10(16)2-1-9(11)8-18-5-3-17-4-6-18/h1-2,7,17H,3-6,8,16H2. The molecule has 0 bridgehead atoms. The zero-order valence-electron chi connectivity index (χ0n) is 9.93. The van der Waals surface area contributed by atoms with Gasteiger partial charge in [-0.15, -0.1) is 0 Å². The molecule has 3 N–H and O–H groups in total. The molecule has 0 aliphatic carbocycles. The Balaban J connectivity index is 2.21. The molecule has 1 aromatic carbocycles. The van der Waals surface area contributed by atoms with E-state index in [1.807, 2.05) is 4.90 Å². The third-order valence-electron chi connectivity index (χ3n) is 3.04. The Morgan fingerprint density at radius 2 is 1.89 bits per heavy atom. The molecule has 3 nitrogen and oxygen atoms in total. The molecule has 2 rings (SSSR count). The SMILES string of the molecule is Nc1ccc(CN2CCNCC2)c(C(F)(F)F)c1. The smallest absolute Gasteiger partial charge is 0.399 e. The van der Waals surface area contributed by atoms with Gasteiger partial charge >= 0.3 is 6.18 Å². The summed E-state index contributed by atoms with van der Waals surface area (Å²) in [5.41, 5.74) is 5.24. The highest BCUT2D eigenvalue weighted by atomic mass is 19.4. The molecule has 1 saturated heterocycles. The zero-order valence-corrected chi connectivity index (χ0v) is 9.93. The van der Waals surface area contributed by atoms with Gasteiger partial charge in [0, 0.05) is 38.4 Å². The summed E-state index contributed by atoms with van der Waals surface area (Å²) in [5.74, 6) is 0. The molecule has 0 aromatic heterocycles. The summed E-state index contributed by atoms with van der Waals surface area (Å²) < 4.78 is 38.7. The minimum atomic E-state index is -4.35. The summed E-state index contributed by atoms with van der Waals surface area (Å²) in [6.07, 6.45) is -4.35. The Kier molecular flexibility index (Phi) is 3.77. The topological polar surface area (TPSA) is 41.3 Å². The van der Waals surface area contributed by atoms with Crippen LogP contribution in [0.4, 0.5) is 18.9 Å². The van der Waals surface area contributed by atoms with Gasteiger partial charge in [-0.05, 0) is 17.7 Å². The fraction of sp³-hybridized carbons (Fsp3) is 0.500. The number of nitrogen functional groups attached to an aromatic ring is 1.